The van der Waals surface area contributed by atoms with E-state index in [0.29, 0.717) is 10.6 Å². The van der Waals surface area contributed by atoms with Gasteiger partial charge >= 0.3 is 0 Å². The monoisotopic (exact) mass is 385 g/mol. The zero-order valence-electron chi connectivity index (χ0n) is 10.2. The Bertz CT molecular complexity index is 797. The third kappa shape index (κ3) is 3.64. The first kappa shape index (κ1) is 16.4. The molecule has 0 fully saturated rings. The molecule has 2 rings (SSSR count). The van der Waals surface area contributed by atoms with Crippen LogP contribution in [0.5, 0.6) is 0 Å². The number of amides is 1. The van der Waals surface area contributed by atoms with Gasteiger partial charge in [0.15, 0.2) is 0 Å². The normalized spacial score (nSPS) is 11.4. The van der Waals surface area contributed by atoms with Gasteiger partial charge in [0.2, 0.25) is 0 Å². The maximum atomic E-state index is 12.0. The van der Waals surface area contributed by atoms with Gasteiger partial charge < -0.3 is 5.32 Å². The summed E-state index contributed by atoms with van der Waals surface area (Å²) >= 11 is 12.8. The highest BCUT2D eigenvalue weighted by atomic mass is 35.7. The van der Waals surface area contributed by atoms with Crippen molar-refractivity contribution >= 4 is 66.1 Å². The lowest BCUT2D eigenvalue weighted by molar-refractivity contribution is 0.103. The molecule has 0 aliphatic rings. The number of anilines is 1. The van der Waals surface area contributed by atoms with Gasteiger partial charge in [0.1, 0.15) is 4.88 Å². The molecule has 0 saturated carbocycles. The van der Waals surface area contributed by atoms with Gasteiger partial charge in [0, 0.05) is 10.7 Å². The summed E-state index contributed by atoms with van der Waals surface area (Å²) in [5.41, 5.74) is 0.546. The molecule has 6 nitrogen and oxygen atoms in total. The number of hydrogen-bond acceptors (Lipinski definition) is 6. The van der Waals surface area contributed by atoms with Crippen LogP contribution in [0.25, 0.3) is 0 Å². The summed E-state index contributed by atoms with van der Waals surface area (Å²) in [6, 6.07) is 2.20. The van der Waals surface area contributed by atoms with Crippen molar-refractivity contribution < 1.29 is 13.2 Å². The molecule has 1 heterocycles. The summed E-state index contributed by atoms with van der Waals surface area (Å²) in [7, 11) is 1.25. The number of carbonyl (C=O) groups is 1. The van der Waals surface area contributed by atoms with E-state index >= 15 is 0 Å². The fourth-order valence-corrected chi connectivity index (χ4v) is 3.47. The SMILES string of the molecule is Cc1nnsc1C(=O)Nc1c(Cl)cc(S(=O)(=O)Cl)cc1Cl. The van der Waals surface area contributed by atoms with Crippen LogP contribution in [0, 0.1) is 6.92 Å². The van der Waals surface area contributed by atoms with Crippen LogP contribution in [-0.2, 0) is 9.05 Å². The fourth-order valence-electron chi connectivity index (χ4n) is 1.42. The van der Waals surface area contributed by atoms with Crippen LogP contribution < -0.4 is 5.32 Å². The van der Waals surface area contributed by atoms with Crippen LogP contribution >= 0.6 is 45.4 Å². The van der Waals surface area contributed by atoms with Crippen LogP contribution in [0.3, 0.4) is 0 Å². The minimum atomic E-state index is -3.97. The topological polar surface area (TPSA) is 89.0 Å². The van der Waals surface area contributed by atoms with Gasteiger partial charge in [-0.15, -0.1) is 5.10 Å². The van der Waals surface area contributed by atoms with E-state index in [1.807, 2.05) is 0 Å². The number of halogens is 3. The summed E-state index contributed by atoms with van der Waals surface area (Å²) in [4.78, 5) is 12.1. The van der Waals surface area contributed by atoms with Crippen LogP contribution in [0.15, 0.2) is 17.0 Å². The van der Waals surface area contributed by atoms with E-state index in [4.69, 9.17) is 33.9 Å². The lowest BCUT2D eigenvalue weighted by Gasteiger charge is -2.09. The van der Waals surface area contributed by atoms with E-state index in [-0.39, 0.29) is 20.6 Å². The molecule has 11 heteroatoms. The molecular weight excluding hydrogens is 381 g/mol. The molecule has 1 amide bonds. The zero-order valence-corrected chi connectivity index (χ0v) is 14.1. The lowest BCUT2D eigenvalue weighted by atomic mass is 10.3. The van der Waals surface area contributed by atoms with Crippen LogP contribution in [0.1, 0.15) is 15.4 Å². The molecule has 0 unspecified atom stereocenters. The lowest BCUT2D eigenvalue weighted by Crippen LogP contribution is -2.12. The summed E-state index contributed by atoms with van der Waals surface area (Å²) in [6.45, 7) is 1.63. The molecule has 1 aromatic heterocycles. The van der Waals surface area contributed by atoms with E-state index < -0.39 is 15.0 Å². The predicted molar refractivity (Wildman–Crippen MR) is 82.1 cm³/mol. The molecule has 0 aliphatic carbocycles. The van der Waals surface area contributed by atoms with Gasteiger partial charge in [-0.05, 0) is 30.6 Å². The Morgan fingerprint density at radius 3 is 2.29 bits per heavy atom. The van der Waals surface area contributed by atoms with Crippen LogP contribution in [0.4, 0.5) is 5.69 Å². The summed E-state index contributed by atoms with van der Waals surface area (Å²) < 4.78 is 26.1. The largest absolute Gasteiger partial charge is 0.319 e. The van der Waals surface area contributed by atoms with Gasteiger partial charge in [-0.1, -0.05) is 27.7 Å². The molecule has 0 saturated heterocycles. The maximum Gasteiger partial charge on any atom is 0.269 e. The number of hydrogen-bond donors (Lipinski definition) is 1. The van der Waals surface area contributed by atoms with E-state index in [2.05, 4.69) is 14.9 Å². The van der Waals surface area contributed by atoms with Crippen LogP contribution in [-0.4, -0.2) is 23.9 Å². The summed E-state index contributed by atoms with van der Waals surface area (Å²) in [6.07, 6.45) is 0. The Kier molecular flexibility index (Phi) is 4.74. The van der Waals surface area contributed by atoms with Crippen molar-refractivity contribution in [1.29, 1.82) is 0 Å². The average molecular weight is 387 g/mol. The number of aromatic nitrogens is 2. The second-order valence-corrected chi connectivity index (χ2v) is 7.98. The van der Waals surface area contributed by atoms with E-state index in [1.54, 1.807) is 6.92 Å². The molecule has 0 atom stereocenters. The highest BCUT2D eigenvalue weighted by molar-refractivity contribution is 8.13. The van der Waals surface area contributed by atoms with Crippen molar-refractivity contribution in [3.05, 3.63) is 32.7 Å². The quantitative estimate of drug-likeness (QED) is 0.817. The van der Waals surface area contributed by atoms with Crippen molar-refractivity contribution in [2.45, 2.75) is 11.8 Å². The van der Waals surface area contributed by atoms with Crippen molar-refractivity contribution in [2.24, 2.45) is 0 Å². The third-order valence-electron chi connectivity index (χ3n) is 2.39. The molecule has 2 aromatic rings. The van der Waals surface area contributed by atoms with E-state index in [9.17, 15) is 13.2 Å². The molecule has 0 radical (unpaired) electrons. The average Bonchev–Trinajstić information content (AvgIpc) is 2.78. The first-order valence-corrected chi connectivity index (χ1v) is 9.08. The predicted octanol–water partition coefficient (Wildman–Crippen LogP) is 3.33. The summed E-state index contributed by atoms with van der Waals surface area (Å²) in [5, 5.41) is 6.10. The standard InChI is InChI=1S/C10H6Cl3N3O3S2/c1-4-9(20-16-15-4)10(17)14-8-6(11)2-5(3-7(8)12)21(13,18)19/h2-3H,1H3,(H,14,17). The molecule has 0 bridgehead atoms. The van der Waals surface area contributed by atoms with Crippen molar-refractivity contribution in [1.82, 2.24) is 9.59 Å². The number of nitrogens with zero attached hydrogens (tertiary/aromatic N) is 2. The minimum Gasteiger partial charge on any atom is -0.319 e. The van der Waals surface area contributed by atoms with E-state index in [1.165, 1.54) is 0 Å². The first-order valence-electron chi connectivity index (χ1n) is 5.24. The minimum absolute atomic E-state index is 0.0507. The first-order chi connectivity index (χ1) is 9.70. The molecular formula is C10H6Cl3N3O3S2. The zero-order chi connectivity index (χ0) is 15.8. The van der Waals surface area contributed by atoms with Gasteiger partial charge in [-0.25, -0.2) is 8.42 Å². The molecule has 21 heavy (non-hydrogen) atoms. The third-order valence-corrected chi connectivity index (χ3v) is 5.15. The maximum absolute atomic E-state index is 12.0. The van der Waals surface area contributed by atoms with Crippen LogP contribution in [0.2, 0.25) is 10.0 Å². The van der Waals surface area contributed by atoms with Crippen molar-refractivity contribution in [3.63, 3.8) is 0 Å². The number of aryl methyl sites for hydroxylation is 1. The van der Waals surface area contributed by atoms with Gasteiger partial charge in [0.05, 0.1) is 26.3 Å². The Hall–Kier alpha value is -0.930. The van der Waals surface area contributed by atoms with Crippen molar-refractivity contribution in [2.75, 3.05) is 5.32 Å². The number of benzene rings is 1. The summed E-state index contributed by atoms with van der Waals surface area (Å²) in [5.74, 6) is -0.493. The highest BCUT2D eigenvalue weighted by Crippen LogP contribution is 2.34. The second kappa shape index (κ2) is 6.05. The highest BCUT2D eigenvalue weighted by Gasteiger charge is 2.19. The Balaban J connectivity index is 2.38. The number of carbonyl (C=O) groups excluding carboxylic acids is 1. The van der Waals surface area contributed by atoms with Crippen molar-refractivity contribution in [3.8, 4) is 0 Å². The molecule has 0 aliphatic heterocycles. The Morgan fingerprint density at radius 1 is 1.29 bits per heavy atom. The fraction of sp³-hybridized carbons (Fsp3) is 0.100. The second-order valence-electron chi connectivity index (χ2n) is 3.84. The Labute approximate surface area is 138 Å². The number of nitrogens with one attached hydrogen (secondary N) is 1. The molecule has 1 aromatic carbocycles. The van der Waals surface area contributed by atoms with Gasteiger partial charge in [-0.2, -0.15) is 0 Å². The molecule has 0 spiro atoms. The van der Waals surface area contributed by atoms with E-state index in [0.717, 1.165) is 23.7 Å². The smallest absolute Gasteiger partial charge is 0.269 e. The Morgan fingerprint density at radius 2 is 1.86 bits per heavy atom. The van der Waals surface area contributed by atoms with Gasteiger partial charge in [0.25, 0.3) is 15.0 Å². The molecule has 1 N–H and O–H groups in total. The number of rotatable bonds is 3. The van der Waals surface area contributed by atoms with Gasteiger partial charge in [-0.3, -0.25) is 4.79 Å². The molecule has 112 valence electrons.